The van der Waals surface area contributed by atoms with E-state index in [-0.39, 0.29) is 36.4 Å². The molecule has 1 aliphatic rings. The number of aliphatic hydroxyl groups is 1. The second-order valence-electron chi connectivity index (χ2n) is 7.99. The number of aromatic nitrogens is 1. The number of fused-ring (bicyclic) bond motifs is 1. The summed E-state index contributed by atoms with van der Waals surface area (Å²) in [4.78, 5) is 31.0. The van der Waals surface area contributed by atoms with Gasteiger partial charge in [-0.1, -0.05) is 6.92 Å². The van der Waals surface area contributed by atoms with Gasteiger partial charge in [-0.2, -0.15) is 5.26 Å². The zero-order valence-corrected chi connectivity index (χ0v) is 18.1. The van der Waals surface area contributed by atoms with Crippen molar-refractivity contribution in [2.75, 3.05) is 16.8 Å². The van der Waals surface area contributed by atoms with Gasteiger partial charge >= 0.3 is 0 Å². The summed E-state index contributed by atoms with van der Waals surface area (Å²) in [6.07, 6.45) is 0.856. The van der Waals surface area contributed by atoms with Crippen LogP contribution in [0.4, 0.5) is 11.5 Å². The fourth-order valence-corrected chi connectivity index (χ4v) is 3.89. The van der Waals surface area contributed by atoms with Crippen molar-refractivity contribution in [1.82, 2.24) is 10.3 Å². The minimum absolute atomic E-state index is 0.0182. The van der Waals surface area contributed by atoms with Crippen molar-refractivity contribution in [2.45, 2.75) is 45.9 Å². The number of rotatable bonds is 5. The molecule has 0 saturated carbocycles. The van der Waals surface area contributed by atoms with Crippen LogP contribution in [0.15, 0.2) is 36.5 Å². The standard InChI is InChI=1S/C23H27N5O3/c1-13(29)11-26-23(31)18-6-7-20-19(9-18)22(14(2)15(3)28(20)16(4)30)27-21-8-5-17(10-24)12-25-21/h5-9,12-15,22,29H,11H2,1-4H3,(H,25,27)(H,26,31)/t13-,14?,15?,22?/m0/s1. The van der Waals surface area contributed by atoms with Crippen LogP contribution in [0.5, 0.6) is 0 Å². The number of carbonyl (C=O) groups is 2. The highest BCUT2D eigenvalue weighted by molar-refractivity contribution is 5.98. The molecule has 31 heavy (non-hydrogen) atoms. The molecule has 3 N–H and O–H groups in total. The van der Waals surface area contributed by atoms with Crippen LogP contribution in [0.2, 0.25) is 0 Å². The Morgan fingerprint density at radius 3 is 2.61 bits per heavy atom. The molecule has 1 aromatic carbocycles. The number of hydrogen-bond donors (Lipinski definition) is 3. The van der Waals surface area contributed by atoms with Crippen LogP contribution in [0.25, 0.3) is 0 Å². The maximum absolute atomic E-state index is 12.6. The van der Waals surface area contributed by atoms with Gasteiger partial charge in [-0.15, -0.1) is 0 Å². The average molecular weight is 422 g/mol. The predicted molar refractivity (Wildman–Crippen MR) is 118 cm³/mol. The number of anilines is 2. The topological polar surface area (TPSA) is 118 Å². The Bertz CT molecular complexity index is 1010. The van der Waals surface area contributed by atoms with Gasteiger partial charge in [0.2, 0.25) is 5.91 Å². The molecule has 162 valence electrons. The SMILES string of the molecule is CC(=O)N1c2ccc(C(=O)NC[C@H](C)O)cc2C(Nc2ccc(C#N)cn2)C(C)C1C. The van der Waals surface area contributed by atoms with Crippen molar-refractivity contribution >= 4 is 23.3 Å². The first-order chi connectivity index (χ1) is 14.7. The maximum atomic E-state index is 12.6. The fraction of sp³-hybridized carbons (Fsp3) is 0.391. The molecule has 0 fully saturated rings. The smallest absolute Gasteiger partial charge is 0.251 e. The molecular formula is C23H27N5O3. The molecule has 1 aromatic heterocycles. The van der Waals surface area contributed by atoms with Gasteiger partial charge in [0.25, 0.3) is 5.91 Å². The normalized spacial score (nSPS) is 20.9. The molecule has 3 unspecified atom stereocenters. The number of nitrogens with one attached hydrogen (secondary N) is 2. The van der Waals surface area contributed by atoms with Gasteiger partial charge in [-0.05, 0) is 49.7 Å². The number of pyridine rings is 1. The van der Waals surface area contributed by atoms with Gasteiger partial charge in [0.1, 0.15) is 11.9 Å². The lowest BCUT2D eigenvalue weighted by Gasteiger charge is -2.44. The molecule has 0 radical (unpaired) electrons. The Hall–Kier alpha value is -3.44. The van der Waals surface area contributed by atoms with E-state index in [4.69, 9.17) is 5.26 Å². The molecule has 0 aliphatic carbocycles. The number of carbonyl (C=O) groups excluding carboxylic acids is 2. The van der Waals surface area contributed by atoms with Crippen molar-refractivity contribution in [1.29, 1.82) is 5.26 Å². The Balaban J connectivity index is 2.01. The number of hydrogen-bond acceptors (Lipinski definition) is 6. The van der Waals surface area contributed by atoms with E-state index in [1.54, 1.807) is 42.2 Å². The highest BCUT2D eigenvalue weighted by Gasteiger charge is 2.38. The van der Waals surface area contributed by atoms with E-state index in [2.05, 4.69) is 21.7 Å². The summed E-state index contributed by atoms with van der Waals surface area (Å²) < 4.78 is 0. The van der Waals surface area contributed by atoms with E-state index in [1.165, 1.54) is 13.1 Å². The third-order valence-electron chi connectivity index (χ3n) is 5.67. The van der Waals surface area contributed by atoms with Crippen LogP contribution >= 0.6 is 0 Å². The molecular weight excluding hydrogens is 394 g/mol. The van der Waals surface area contributed by atoms with Crippen molar-refractivity contribution in [2.24, 2.45) is 5.92 Å². The monoisotopic (exact) mass is 421 g/mol. The average Bonchev–Trinajstić information content (AvgIpc) is 2.75. The van der Waals surface area contributed by atoms with E-state index < -0.39 is 6.10 Å². The number of nitriles is 1. The summed E-state index contributed by atoms with van der Waals surface area (Å²) in [5.41, 5.74) is 2.48. The first kappa shape index (κ1) is 22.2. The highest BCUT2D eigenvalue weighted by Crippen LogP contribution is 2.42. The molecule has 8 nitrogen and oxygen atoms in total. The van der Waals surface area contributed by atoms with Crippen molar-refractivity contribution in [3.05, 3.63) is 53.2 Å². The molecule has 2 heterocycles. The Kier molecular flexibility index (Phi) is 6.56. The molecule has 0 bridgehead atoms. The number of amides is 2. The summed E-state index contributed by atoms with van der Waals surface area (Å²) in [6.45, 7) is 7.33. The van der Waals surface area contributed by atoms with E-state index >= 15 is 0 Å². The first-order valence-corrected chi connectivity index (χ1v) is 10.3. The van der Waals surface area contributed by atoms with E-state index in [0.717, 1.165) is 11.3 Å². The second-order valence-corrected chi connectivity index (χ2v) is 7.99. The van der Waals surface area contributed by atoms with Crippen LogP contribution in [-0.2, 0) is 4.79 Å². The lowest BCUT2D eigenvalue weighted by Crippen LogP contribution is -2.48. The zero-order chi connectivity index (χ0) is 22.7. The minimum Gasteiger partial charge on any atom is -0.392 e. The summed E-state index contributed by atoms with van der Waals surface area (Å²) >= 11 is 0. The van der Waals surface area contributed by atoms with Gasteiger partial charge in [-0.3, -0.25) is 9.59 Å². The predicted octanol–water partition coefficient (Wildman–Crippen LogP) is 2.61. The van der Waals surface area contributed by atoms with Gasteiger partial charge in [0.15, 0.2) is 0 Å². The Labute approximate surface area is 181 Å². The van der Waals surface area contributed by atoms with Gasteiger partial charge in [0, 0.05) is 42.9 Å². The Morgan fingerprint density at radius 1 is 1.29 bits per heavy atom. The van der Waals surface area contributed by atoms with E-state index in [0.29, 0.717) is 16.9 Å². The molecule has 4 atom stereocenters. The molecule has 8 heteroatoms. The lowest BCUT2D eigenvalue weighted by molar-refractivity contribution is -0.117. The van der Waals surface area contributed by atoms with Crippen molar-refractivity contribution in [3.8, 4) is 6.07 Å². The van der Waals surface area contributed by atoms with Crippen LogP contribution in [0, 0.1) is 17.2 Å². The summed E-state index contributed by atoms with van der Waals surface area (Å²) in [6, 6.07) is 10.5. The van der Waals surface area contributed by atoms with Gasteiger partial charge in [-0.25, -0.2) is 4.98 Å². The maximum Gasteiger partial charge on any atom is 0.251 e. The van der Waals surface area contributed by atoms with Gasteiger partial charge in [0.05, 0.1) is 17.7 Å². The lowest BCUT2D eigenvalue weighted by atomic mass is 9.82. The summed E-state index contributed by atoms with van der Waals surface area (Å²) in [7, 11) is 0. The quantitative estimate of drug-likeness (QED) is 0.683. The minimum atomic E-state index is -0.646. The molecule has 3 rings (SSSR count). The van der Waals surface area contributed by atoms with Crippen LogP contribution in [0.3, 0.4) is 0 Å². The van der Waals surface area contributed by atoms with Crippen LogP contribution in [-0.4, -0.2) is 40.6 Å². The molecule has 0 spiro atoms. The number of benzene rings is 1. The molecule has 0 saturated heterocycles. The molecule has 1 aliphatic heterocycles. The van der Waals surface area contributed by atoms with Crippen LogP contribution in [0.1, 0.15) is 55.2 Å². The number of nitrogens with zero attached hydrogens (tertiary/aromatic N) is 3. The number of aliphatic hydroxyl groups excluding tert-OH is 1. The van der Waals surface area contributed by atoms with Crippen molar-refractivity contribution in [3.63, 3.8) is 0 Å². The molecule has 2 aromatic rings. The van der Waals surface area contributed by atoms with E-state index in [9.17, 15) is 14.7 Å². The van der Waals surface area contributed by atoms with Gasteiger partial charge < -0.3 is 20.6 Å². The second kappa shape index (κ2) is 9.14. The van der Waals surface area contributed by atoms with E-state index in [1.807, 2.05) is 13.8 Å². The highest BCUT2D eigenvalue weighted by atomic mass is 16.3. The first-order valence-electron chi connectivity index (χ1n) is 10.3. The fourth-order valence-electron chi connectivity index (χ4n) is 3.89. The van der Waals surface area contributed by atoms with Crippen molar-refractivity contribution < 1.29 is 14.7 Å². The third kappa shape index (κ3) is 4.67. The summed E-state index contributed by atoms with van der Waals surface area (Å²) in [5, 5.41) is 24.6. The zero-order valence-electron chi connectivity index (χ0n) is 18.1. The largest absolute Gasteiger partial charge is 0.392 e. The van der Waals surface area contributed by atoms with Crippen LogP contribution < -0.4 is 15.5 Å². The Morgan fingerprint density at radius 2 is 2.03 bits per heavy atom. The molecule has 2 amide bonds. The summed E-state index contributed by atoms with van der Waals surface area (Å²) in [5.74, 6) is 0.264. The third-order valence-corrected chi connectivity index (χ3v) is 5.67.